The van der Waals surface area contributed by atoms with Crippen molar-refractivity contribution in [2.45, 2.75) is 32.2 Å². The monoisotopic (exact) mass is 448 g/mol. The second-order valence-electron chi connectivity index (χ2n) is 6.05. The van der Waals surface area contributed by atoms with Crippen LogP contribution in [0, 0.1) is 0 Å². The van der Waals surface area contributed by atoms with E-state index in [9.17, 15) is 4.79 Å². The van der Waals surface area contributed by atoms with Gasteiger partial charge in [-0.05, 0) is 71.4 Å². The standard InChI is InChI=1S/C19H17BrN2O2S2/c20-16-8-7-13(25-16)11-22-19-17(14-5-1-2-6-15(14)26-19)18(23)21-10-12-4-3-9-24-12/h3-4,7-9,11H,1-2,5-6,10H2,(H,21,23). The van der Waals surface area contributed by atoms with Gasteiger partial charge in [0.2, 0.25) is 0 Å². The first kappa shape index (κ1) is 17.7. The number of nitrogens with one attached hydrogen (secondary N) is 1. The number of thiophene rings is 2. The molecule has 134 valence electrons. The molecule has 0 radical (unpaired) electrons. The van der Waals surface area contributed by atoms with E-state index >= 15 is 0 Å². The van der Waals surface area contributed by atoms with E-state index in [1.807, 2.05) is 30.5 Å². The van der Waals surface area contributed by atoms with Crippen molar-refractivity contribution >= 4 is 55.7 Å². The third-order valence-electron chi connectivity index (χ3n) is 4.29. The third kappa shape index (κ3) is 3.84. The van der Waals surface area contributed by atoms with Gasteiger partial charge in [0, 0.05) is 16.0 Å². The van der Waals surface area contributed by atoms with Gasteiger partial charge in [0.15, 0.2) is 0 Å². The maximum Gasteiger partial charge on any atom is 0.255 e. The van der Waals surface area contributed by atoms with Gasteiger partial charge < -0.3 is 9.73 Å². The average Bonchev–Trinajstić information content (AvgIpc) is 3.37. The fraction of sp³-hybridized carbons (Fsp3) is 0.263. The van der Waals surface area contributed by atoms with Gasteiger partial charge in [-0.2, -0.15) is 0 Å². The Balaban J connectivity index is 1.61. The number of hydrogen-bond acceptors (Lipinski definition) is 5. The highest BCUT2D eigenvalue weighted by molar-refractivity contribution is 9.11. The molecular weight excluding hydrogens is 432 g/mol. The molecule has 0 unspecified atom stereocenters. The van der Waals surface area contributed by atoms with Crippen LogP contribution < -0.4 is 5.32 Å². The highest BCUT2D eigenvalue weighted by Crippen LogP contribution is 2.40. The lowest BCUT2D eigenvalue weighted by molar-refractivity contribution is 0.0948. The van der Waals surface area contributed by atoms with Crippen LogP contribution in [0.3, 0.4) is 0 Å². The SMILES string of the molecule is O=C(NCc1ccco1)c1c(N=Cc2ccc(Br)s2)sc2c1CCCC2. The lowest BCUT2D eigenvalue weighted by Crippen LogP contribution is -2.23. The Bertz CT molecular complexity index is 941. The Morgan fingerprint density at radius 2 is 2.15 bits per heavy atom. The van der Waals surface area contributed by atoms with Crippen LogP contribution in [-0.2, 0) is 19.4 Å². The molecule has 1 aliphatic carbocycles. The number of furan rings is 1. The molecule has 1 amide bonds. The summed E-state index contributed by atoms with van der Waals surface area (Å²) in [6, 6.07) is 7.70. The summed E-state index contributed by atoms with van der Waals surface area (Å²) in [6.07, 6.45) is 7.76. The van der Waals surface area contributed by atoms with Crippen LogP contribution in [0.25, 0.3) is 0 Å². The summed E-state index contributed by atoms with van der Waals surface area (Å²) in [6.45, 7) is 0.386. The molecule has 0 saturated heterocycles. The number of rotatable bonds is 5. The van der Waals surface area contributed by atoms with Crippen LogP contribution in [0.2, 0.25) is 0 Å². The fourth-order valence-corrected chi connectivity index (χ4v) is 5.59. The van der Waals surface area contributed by atoms with Crippen molar-refractivity contribution < 1.29 is 9.21 Å². The van der Waals surface area contributed by atoms with E-state index < -0.39 is 0 Å². The van der Waals surface area contributed by atoms with Crippen LogP contribution in [0.5, 0.6) is 0 Å². The van der Waals surface area contributed by atoms with Crippen molar-refractivity contribution in [2.24, 2.45) is 4.99 Å². The highest BCUT2D eigenvalue weighted by Gasteiger charge is 2.25. The molecular formula is C19H17BrN2O2S2. The number of aryl methyl sites for hydroxylation is 1. The van der Waals surface area contributed by atoms with Crippen LogP contribution in [-0.4, -0.2) is 12.1 Å². The Morgan fingerprint density at radius 1 is 1.27 bits per heavy atom. The zero-order valence-corrected chi connectivity index (χ0v) is 17.2. The zero-order valence-electron chi connectivity index (χ0n) is 14.0. The summed E-state index contributed by atoms with van der Waals surface area (Å²) in [4.78, 5) is 19.9. The van der Waals surface area contributed by atoms with Gasteiger partial charge in [-0.1, -0.05) is 0 Å². The number of carbonyl (C=O) groups is 1. The molecule has 26 heavy (non-hydrogen) atoms. The quantitative estimate of drug-likeness (QED) is 0.506. The van der Waals surface area contributed by atoms with Crippen molar-refractivity contribution in [3.63, 3.8) is 0 Å². The number of fused-ring (bicyclic) bond motifs is 1. The van der Waals surface area contributed by atoms with E-state index in [0.717, 1.165) is 44.3 Å². The van der Waals surface area contributed by atoms with E-state index in [1.54, 1.807) is 28.9 Å². The fourth-order valence-electron chi connectivity index (χ4n) is 3.07. The second kappa shape index (κ2) is 7.90. The summed E-state index contributed by atoms with van der Waals surface area (Å²) in [5, 5.41) is 3.78. The maximum absolute atomic E-state index is 12.9. The van der Waals surface area contributed by atoms with Crippen molar-refractivity contribution in [3.8, 4) is 0 Å². The maximum atomic E-state index is 12.9. The molecule has 4 rings (SSSR count). The number of aliphatic imine (C=N–C) groups is 1. The minimum Gasteiger partial charge on any atom is -0.467 e. The molecule has 3 heterocycles. The molecule has 0 fully saturated rings. The Morgan fingerprint density at radius 3 is 2.92 bits per heavy atom. The summed E-state index contributed by atoms with van der Waals surface area (Å²) in [7, 11) is 0. The zero-order chi connectivity index (χ0) is 17.9. The minimum absolute atomic E-state index is 0.0692. The molecule has 1 aliphatic rings. The summed E-state index contributed by atoms with van der Waals surface area (Å²) < 4.78 is 6.38. The van der Waals surface area contributed by atoms with E-state index in [2.05, 4.69) is 26.2 Å². The molecule has 3 aromatic rings. The summed E-state index contributed by atoms with van der Waals surface area (Å²) in [5.74, 6) is 0.677. The summed E-state index contributed by atoms with van der Waals surface area (Å²) >= 11 is 6.74. The Labute approximate surface area is 168 Å². The predicted molar refractivity (Wildman–Crippen MR) is 110 cm³/mol. The molecule has 0 aliphatic heterocycles. The van der Waals surface area contributed by atoms with Gasteiger partial charge in [0.25, 0.3) is 5.91 Å². The number of nitrogens with zero attached hydrogens (tertiary/aromatic N) is 1. The first-order chi connectivity index (χ1) is 12.7. The Hall–Kier alpha value is -1.70. The third-order valence-corrected chi connectivity index (χ3v) is 7.04. The van der Waals surface area contributed by atoms with E-state index in [1.165, 1.54) is 16.9 Å². The molecule has 0 atom stereocenters. The highest BCUT2D eigenvalue weighted by atomic mass is 79.9. The van der Waals surface area contributed by atoms with Crippen LogP contribution in [0.1, 0.15) is 44.3 Å². The van der Waals surface area contributed by atoms with Gasteiger partial charge in [-0.15, -0.1) is 22.7 Å². The van der Waals surface area contributed by atoms with Gasteiger partial charge in [0.1, 0.15) is 10.8 Å². The van der Waals surface area contributed by atoms with E-state index in [0.29, 0.717) is 6.54 Å². The van der Waals surface area contributed by atoms with Crippen molar-refractivity contribution in [2.75, 3.05) is 0 Å². The number of carbonyl (C=O) groups excluding carboxylic acids is 1. The molecule has 0 aromatic carbocycles. The van der Waals surface area contributed by atoms with Gasteiger partial charge in [0.05, 0.1) is 22.2 Å². The van der Waals surface area contributed by atoms with Crippen LogP contribution >= 0.6 is 38.6 Å². The van der Waals surface area contributed by atoms with Crippen molar-refractivity contribution in [1.82, 2.24) is 5.32 Å². The molecule has 0 saturated carbocycles. The van der Waals surface area contributed by atoms with Gasteiger partial charge in [-0.3, -0.25) is 4.79 Å². The number of hydrogen-bond donors (Lipinski definition) is 1. The smallest absolute Gasteiger partial charge is 0.255 e. The summed E-state index contributed by atoms with van der Waals surface area (Å²) in [5.41, 5.74) is 1.92. The molecule has 4 nitrogen and oxygen atoms in total. The lowest BCUT2D eigenvalue weighted by atomic mass is 9.95. The Kier molecular flexibility index (Phi) is 5.38. The number of halogens is 1. The molecule has 0 bridgehead atoms. The topological polar surface area (TPSA) is 54.6 Å². The molecule has 1 N–H and O–H groups in total. The first-order valence-corrected chi connectivity index (χ1v) is 10.9. The number of amides is 1. The van der Waals surface area contributed by atoms with Crippen molar-refractivity contribution in [1.29, 1.82) is 0 Å². The van der Waals surface area contributed by atoms with E-state index in [4.69, 9.17) is 4.42 Å². The van der Waals surface area contributed by atoms with Crippen LogP contribution in [0.15, 0.2) is 43.7 Å². The normalized spacial score (nSPS) is 13.9. The molecule has 3 aromatic heterocycles. The molecule has 7 heteroatoms. The predicted octanol–water partition coefficient (Wildman–Crippen LogP) is 5.72. The van der Waals surface area contributed by atoms with Gasteiger partial charge in [-0.25, -0.2) is 4.99 Å². The largest absolute Gasteiger partial charge is 0.467 e. The average molecular weight is 449 g/mol. The van der Waals surface area contributed by atoms with Gasteiger partial charge >= 0.3 is 0 Å². The van der Waals surface area contributed by atoms with Crippen LogP contribution in [0.4, 0.5) is 5.00 Å². The molecule has 0 spiro atoms. The van der Waals surface area contributed by atoms with Crippen molar-refractivity contribution in [3.05, 3.63) is 61.0 Å². The first-order valence-electron chi connectivity index (χ1n) is 8.45. The second-order valence-corrected chi connectivity index (χ2v) is 9.63. The van der Waals surface area contributed by atoms with E-state index in [-0.39, 0.29) is 5.91 Å². The lowest BCUT2D eigenvalue weighted by Gasteiger charge is -2.12. The minimum atomic E-state index is -0.0692.